The van der Waals surface area contributed by atoms with E-state index in [2.05, 4.69) is 20.9 Å². The van der Waals surface area contributed by atoms with Gasteiger partial charge in [-0.2, -0.15) is 5.10 Å². The topological polar surface area (TPSA) is 84.1 Å². The van der Waals surface area contributed by atoms with Crippen molar-refractivity contribution in [3.63, 3.8) is 0 Å². The zero-order valence-corrected chi connectivity index (χ0v) is 19.9. The fraction of sp³-hybridized carbons (Fsp3) is 0.259. The summed E-state index contributed by atoms with van der Waals surface area (Å²) in [6, 6.07) is 21.0. The minimum Gasteiger partial charge on any atom is -0.481 e. The third-order valence-corrected chi connectivity index (χ3v) is 6.82. The summed E-state index contributed by atoms with van der Waals surface area (Å²) < 4.78 is 1.84. The number of carboxylic acids is 1. The molecule has 0 amide bonds. The smallest absolute Gasteiger partial charge is 0.312 e. The van der Waals surface area contributed by atoms with E-state index >= 15 is 0 Å². The fourth-order valence-corrected chi connectivity index (χ4v) is 4.82. The van der Waals surface area contributed by atoms with Crippen molar-refractivity contribution in [1.29, 1.82) is 0 Å². The molecule has 1 aliphatic rings. The molecule has 1 saturated heterocycles. The number of benzene rings is 2. The van der Waals surface area contributed by atoms with E-state index in [1.165, 1.54) is 0 Å². The molecular formula is C27H26ClN5O2. The van der Waals surface area contributed by atoms with Crippen LogP contribution in [0.1, 0.15) is 35.9 Å². The summed E-state index contributed by atoms with van der Waals surface area (Å²) in [4.78, 5) is 23.1. The molecule has 1 N–H and O–H groups in total. The Morgan fingerprint density at radius 2 is 1.69 bits per heavy atom. The molecule has 2 aromatic heterocycles. The van der Waals surface area contributed by atoms with E-state index in [1.807, 2.05) is 59.3 Å². The molecule has 4 aromatic rings. The Kier molecular flexibility index (Phi) is 6.88. The number of carboxylic acid groups (broad SMARTS) is 1. The van der Waals surface area contributed by atoms with Crippen molar-refractivity contribution in [2.45, 2.75) is 24.7 Å². The summed E-state index contributed by atoms with van der Waals surface area (Å²) in [6.45, 7) is 2.14. The van der Waals surface area contributed by atoms with Gasteiger partial charge in [0.15, 0.2) is 0 Å². The van der Waals surface area contributed by atoms with Gasteiger partial charge in [-0.25, -0.2) is 14.6 Å². The highest BCUT2D eigenvalue weighted by molar-refractivity contribution is 6.30. The Hall–Kier alpha value is -3.55. The first-order valence-corrected chi connectivity index (χ1v) is 12.1. The average molecular weight is 488 g/mol. The number of halogens is 1. The molecule has 0 saturated carbocycles. The lowest BCUT2D eigenvalue weighted by atomic mass is 9.91. The Balaban J connectivity index is 1.36. The van der Waals surface area contributed by atoms with Crippen LogP contribution in [0.4, 0.5) is 0 Å². The van der Waals surface area contributed by atoms with Crippen molar-refractivity contribution in [3.05, 3.63) is 95.4 Å². The predicted molar refractivity (Wildman–Crippen MR) is 135 cm³/mol. The zero-order chi connectivity index (χ0) is 24.2. The van der Waals surface area contributed by atoms with Crippen molar-refractivity contribution >= 4 is 17.6 Å². The van der Waals surface area contributed by atoms with Crippen molar-refractivity contribution < 1.29 is 9.90 Å². The molecule has 0 spiro atoms. The number of hydrogen-bond acceptors (Lipinski definition) is 5. The van der Waals surface area contributed by atoms with Crippen LogP contribution >= 0.6 is 11.6 Å². The first kappa shape index (κ1) is 23.2. The number of carbonyl (C=O) groups is 1. The van der Waals surface area contributed by atoms with E-state index in [1.54, 1.807) is 18.5 Å². The molecule has 0 bridgehead atoms. The molecule has 1 unspecified atom stereocenters. The molecule has 3 heterocycles. The first-order chi connectivity index (χ1) is 17.1. The maximum atomic E-state index is 12.0. The summed E-state index contributed by atoms with van der Waals surface area (Å²) in [5, 5.41) is 15.3. The van der Waals surface area contributed by atoms with Gasteiger partial charge in [0.2, 0.25) is 0 Å². The lowest BCUT2D eigenvalue weighted by Gasteiger charge is -2.33. The minimum absolute atomic E-state index is 0.267. The lowest BCUT2D eigenvalue weighted by molar-refractivity contribution is -0.139. The van der Waals surface area contributed by atoms with Gasteiger partial charge in [-0.05, 0) is 55.8 Å². The molecule has 1 aliphatic heterocycles. The van der Waals surface area contributed by atoms with Gasteiger partial charge < -0.3 is 10.0 Å². The lowest BCUT2D eigenvalue weighted by Crippen LogP contribution is -2.38. The highest BCUT2D eigenvalue weighted by Gasteiger charge is 2.29. The van der Waals surface area contributed by atoms with Crippen LogP contribution in [0.25, 0.3) is 17.2 Å². The molecule has 1 atom stereocenters. The summed E-state index contributed by atoms with van der Waals surface area (Å²) >= 11 is 6.07. The average Bonchev–Trinajstić information content (AvgIpc) is 3.34. The monoisotopic (exact) mass is 487 g/mol. The predicted octanol–water partition coefficient (Wildman–Crippen LogP) is 5.03. The minimum atomic E-state index is -0.787. The summed E-state index contributed by atoms with van der Waals surface area (Å²) in [5.41, 5.74) is 3.74. The maximum Gasteiger partial charge on any atom is 0.312 e. The van der Waals surface area contributed by atoms with Crippen LogP contribution in [0.5, 0.6) is 0 Å². The van der Waals surface area contributed by atoms with Crippen LogP contribution in [0.15, 0.2) is 79.1 Å². The van der Waals surface area contributed by atoms with Crippen LogP contribution in [-0.2, 0) is 4.79 Å². The van der Waals surface area contributed by atoms with Crippen molar-refractivity contribution in [2.75, 3.05) is 19.6 Å². The van der Waals surface area contributed by atoms with E-state index in [0.29, 0.717) is 17.5 Å². The van der Waals surface area contributed by atoms with Crippen LogP contribution in [0.3, 0.4) is 0 Å². The van der Waals surface area contributed by atoms with Gasteiger partial charge in [-0.15, -0.1) is 0 Å². The normalized spacial score (nSPS) is 15.7. The van der Waals surface area contributed by atoms with Crippen LogP contribution in [0, 0.1) is 0 Å². The highest BCUT2D eigenvalue weighted by Crippen LogP contribution is 2.33. The van der Waals surface area contributed by atoms with Gasteiger partial charge in [0.05, 0.1) is 17.3 Å². The SMILES string of the molecule is O=C(O)C(CN1CCC(c2cc(-c3ccc(Cl)cc3)nn2-c2ncccn2)CC1)c1ccccc1. The number of rotatable bonds is 7. The summed E-state index contributed by atoms with van der Waals surface area (Å²) in [6.07, 6.45) is 5.24. The van der Waals surface area contributed by atoms with E-state index < -0.39 is 11.9 Å². The van der Waals surface area contributed by atoms with Crippen molar-refractivity contribution in [1.82, 2.24) is 24.6 Å². The first-order valence-electron chi connectivity index (χ1n) is 11.7. The van der Waals surface area contributed by atoms with E-state index in [9.17, 15) is 9.90 Å². The molecule has 7 nitrogen and oxygen atoms in total. The second kappa shape index (κ2) is 10.4. The Morgan fingerprint density at radius 3 is 2.34 bits per heavy atom. The van der Waals surface area contributed by atoms with Crippen molar-refractivity contribution in [2.24, 2.45) is 0 Å². The number of hydrogen-bond donors (Lipinski definition) is 1. The van der Waals surface area contributed by atoms with Gasteiger partial charge in [0, 0.05) is 35.4 Å². The number of nitrogens with zero attached hydrogens (tertiary/aromatic N) is 5. The molecule has 5 rings (SSSR count). The second-order valence-corrected chi connectivity index (χ2v) is 9.23. The van der Waals surface area contributed by atoms with Crippen LogP contribution in [0.2, 0.25) is 5.02 Å². The third-order valence-electron chi connectivity index (χ3n) is 6.57. The molecule has 178 valence electrons. The maximum absolute atomic E-state index is 12.0. The van der Waals surface area contributed by atoms with Gasteiger partial charge in [0.25, 0.3) is 5.95 Å². The van der Waals surface area contributed by atoms with Gasteiger partial charge >= 0.3 is 5.97 Å². The van der Waals surface area contributed by atoms with Crippen molar-refractivity contribution in [3.8, 4) is 17.2 Å². The van der Waals surface area contributed by atoms with E-state index in [0.717, 1.165) is 48.4 Å². The Labute approximate surface area is 209 Å². The number of aliphatic carboxylic acids is 1. The van der Waals surface area contributed by atoms with Gasteiger partial charge in [-0.1, -0.05) is 54.1 Å². The van der Waals surface area contributed by atoms with Crippen LogP contribution < -0.4 is 0 Å². The molecule has 1 fully saturated rings. The Morgan fingerprint density at radius 1 is 1.00 bits per heavy atom. The van der Waals surface area contributed by atoms with Crippen LogP contribution in [-0.4, -0.2) is 55.4 Å². The molecule has 35 heavy (non-hydrogen) atoms. The second-order valence-electron chi connectivity index (χ2n) is 8.80. The summed E-state index contributed by atoms with van der Waals surface area (Å²) in [5.74, 6) is -0.512. The zero-order valence-electron chi connectivity index (χ0n) is 19.2. The summed E-state index contributed by atoms with van der Waals surface area (Å²) in [7, 11) is 0. The molecule has 2 aromatic carbocycles. The number of piperidine rings is 1. The van der Waals surface area contributed by atoms with Gasteiger partial charge in [-0.3, -0.25) is 4.79 Å². The number of likely N-dealkylation sites (tertiary alicyclic amines) is 1. The highest BCUT2D eigenvalue weighted by atomic mass is 35.5. The molecule has 0 radical (unpaired) electrons. The quantitative estimate of drug-likeness (QED) is 0.393. The molecule has 8 heteroatoms. The number of aromatic nitrogens is 4. The largest absolute Gasteiger partial charge is 0.481 e. The fourth-order valence-electron chi connectivity index (χ4n) is 4.69. The standard InChI is InChI=1S/C27H26ClN5O2/c28-22-9-7-20(8-10-22)24-17-25(33(31-24)27-29-13-4-14-30-27)21-11-15-32(16-12-21)18-23(26(34)35)19-5-2-1-3-6-19/h1-10,13-14,17,21,23H,11-12,15-16,18H2,(H,34,35). The van der Waals surface area contributed by atoms with E-state index in [4.69, 9.17) is 16.7 Å². The van der Waals surface area contributed by atoms with E-state index in [-0.39, 0.29) is 5.92 Å². The third kappa shape index (κ3) is 5.26. The molecular weight excluding hydrogens is 462 g/mol. The molecule has 0 aliphatic carbocycles. The van der Waals surface area contributed by atoms with Gasteiger partial charge in [0.1, 0.15) is 0 Å². The Bertz CT molecular complexity index is 1270.